The fraction of sp³-hybridized carbons (Fsp3) is 0.250. The number of imide groups is 1. The van der Waals surface area contributed by atoms with E-state index in [0.29, 0.717) is 46.0 Å². The van der Waals surface area contributed by atoms with Gasteiger partial charge in [-0.05, 0) is 67.4 Å². The van der Waals surface area contributed by atoms with E-state index in [1.165, 1.54) is 6.20 Å². The number of benzene rings is 1. The standard InChI is InChI=1S/C28H25FN6O3S/c29-21-16-32-22(24-12-18-3-1-2-4-23(18)38-24)11-19(21)15-30-14-17-6-9-35(10-7-17)27-31-8-5-20(33-27)13-25-26(36)34-28(37)39-25/h1-5,8,11-13,16-17,30H,6-7,9-10,14-15H2,(H,34,36,37)/b25-13-. The molecule has 2 fully saturated rings. The zero-order valence-corrected chi connectivity index (χ0v) is 21.7. The van der Waals surface area contributed by atoms with Crippen LogP contribution in [-0.4, -0.2) is 45.7 Å². The van der Waals surface area contributed by atoms with E-state index in [9.17, 15) is 14.0 Å². The minimum atomic E-state index is -0.407. The van der Waals surface area contributed by atoms with E-state index >= 15 is 0 Å². The third-order valence-electron chi connectivity index (χ3n) is 6.84. The molecule has 2 saturated heterocycles. The number of furan rings is 1. The average Bonchev–Trinajstić information content (AvgIpc) is 3.52. The fourth-order valence-corrected chi connectivity index (χ4v) is 5.42. The number of amides is 2. The van der Waals surface area contributed by atoms with Crippen molar-refractivity contribution in [2.24, 2.45) is 5.92 Å². The van der Waals surface area contributed by atoms with Gasteiger partial charge >= 0.3 is 0 Å². The molecule has 0 spiro atoms. The van der Waals surface area contributed by atoms with Gasteiger partial charge in [0.2, 0.25) is 5.95 Å². The molecule has 0 saturated carbocycles. The van der Waals surface area contributed by atoms with Crippen LogP contribution in [0.5, 0.6) is 0 Å². The predicted octanol–water partition coefficient (Wildman–Crippen LogP) is 4.75. The molecule has 9 nitrogen and oxygen atoms in total. The van der Waals surface area contributed by atoms with Crippen molar-refractivity contribution in [1.29, 1.82) is 0 Å². The Morgan fingerprint density at radius 3 is 2.79 bits per heavy atom. The summed E-state index contributed by atoms with van der Waals surface area (Å²) in [5.41, 5.74) is 2.51. The number of rotatable bonds is 7. The summed E-state index contributed by atoms with van der Waals surface area (Å²) in [7, 11) is 0. The fourth-order valence-electron chi connectivity index (χ4n) is 4.76. The largest absolute Gasteiger partial charge is 0.454 e. The zero-order valence-electron chi connectivity index (χ0n) is 20.9. The second-order valence-electron chi connectivity index (χ2n) is 9.50. The van der Waals surface area contributed by atoms with Gasteiger partial charge in [0.15, 0.2) is 5.76 Å². The van der Waals surface area contributed by atoms with Crippen molar-refractivity contribution in [3.05, 3.63) is 76.8 Å². The molecule has 0 aliphatic carbocycles. The quantitative estimate of drug-likeness (QED) is 0.318. The van der Waals surface area contributed by atoms with Crippen molar-refractivity contribution in [2.45, 2.75) is 19.4 Å². The molecule has 39 heavy (non-hydrogen) atoms. The minimum absolute atomic E-state index is 0.324. The molecule has 3 aromatic heterocycles. The smallest absolute Gasteiger partial charge is 0.290 e. The summed E-state index contributed by atoms with van der Waals surface area (Å²) in [4.78, 5) is 38.8. The van der Waals surface area contributed by atoms with Crippen LogP contribution in [0, 0.1) is 11.7 Å². The summed E-state index contributed by atoms with van der Waals surface area (Å²) >= 11 is 0.866. The van der Waals surface area contributed by atoms with Crippen molar-refractivity contribution in [1.82, 2.24) is 25.6 Å². The van der Waals surface area contributed by atoms with Crippen LogP contribution >= 0.6 is 11.8 Å². The van der Waals surface area contributed by atoms with Crippen LogP contribution in [0.25, 0.3) is 28.5 Å². The normalized spacial score (nSPS) is 17.4. The Bertz CT molecular complexity index is 1550. The number of carbonyl (C=O) groups excluding carboxylic acids is 2. The molecular weight excluding hydrogens is 519 g/mol. The lowest BCUT2D eigenvalue weighted by Crippen LogP contribution is -2.38. The molecule has 2 amide bonds. The maximum absolute atomic E-state index is 14.5. The number of nitrogens with zero attached hydrogens (tertiary/aromatic N) is 4. The number of para-hydroxylation sites is 1. The molecule has 1 aromatic carbocycles. The first kappa shape index (κ1) is 25.2. The van der Waals surface area contributed by atoms with E-state index in [1.807, 2.05) is 30.3 Å². The summed E-state index contributed by atoms with van der Waals surface area (Å²) in [6.45, 7) is 2.75. The van der Waals surface area contributed by atoms with Gasteiger partial charge in [-0.3, -0.25) is 14.9 Å². The zero-order chi connectivity index (χ0) is 26.8. The molecular formula is C28H25FN6O3S. The maximum atomic E-state index is 14.5. The van der Waals surface area contributed by atoms with Gasteiger partial charge in [0.25, 0.3) is 11.1 Å². The molecule has 2 aliphatic rings. The van der Waals surface area contributed by atoms with Gasteiger partial charge in [-0.1, -0.05) is 18.2 Å². The maximum Gasteiger partial charge on any atom is 0.290 e. The van der Waals surface area contributed by atoms with Crippen molar-refractivity contribution in [3.63, 3.8) is 0 Å². The van der Waals surface area contributed by atoms with Crippen molar-refractivity contribution in [3.8, 4) is 11.5 Å². The average molecular weight is 545 g/mol. The van der Waals surface area contributed by atoms with Crippen LogP contribution < -0.4 is 15.5 Å². The molecule has 2 aliphatic heterocycles. The summed E-state index contributed by atoms with van der Waals surface area (Å²) in [6, 6.07) is 13.1. The van der Waals surface area contributed by atoms with E-state index in [0.717, 1.165) is 55.2 Å². The number of nitrogens with one attached hydrogen (secondary N) is 2. The number of piperidine rings is 1. The monoisotopic (exact) mass is 544 g/mol. The number of pyridine rings is 1. The van der Waals surface area contributed by atoms with E-state index in [2.05, 4.69) is 30.5 Å². The summed E-state index contributed by atoms with van der Waals surface area (Å²) in [5.74, 6) is 0.905. The third kappa shape index (κ3) is 5.69. The number of halogens is 1. The van der Waals surface area contributed by atoms with Crippen LogP contribution in [0.1, 0.15) is 24.1 Å². The Morgan fingerprint density at radius 2 is 2.00 bits per heavy atom. The van der Waals surface area contributed by atoms with E-state index < -0.39 is 5.91 Å². The summed E-state index contributed by atoms with van der Waals surface area (Å²) in [6.07, 6.45) is 6.39. The molecule has 6 rings (SSSR count). The van der Waals surface area contributed by atoms with Crippen LogP contribution in [0.15, 0.2) is 64.2 Å². The molecule has 0 bridgehead atoms. The van der Waals surface area contributed by atoms with Gasteiger partial charge in [0, 0.05) is 36.8 Å². The number of anilines is 1. The van der Waals surface area contributed by atoms with Crippen molar-refractivity contribution < 1.29 is 18.4 Å². The number of hydrogen-bond acceptors (Lipinski definition) is 9. The first-order chi connectivity index (χ1) is 19.0. The molecule has 11 heteroatoms. The Morgan fingerprint density at radius 1 is 1.15 bits per heavy atom. The highest BCUT2D eigenvalue weighted by Crippen LogP contribution is 2.28. The van der Waals surface area contributed by atoms with Crippen molar-refractivity contribution in [2.75, 3.05) is 24.5 Å². The van der Waals surface area contributed by atoms with Crippen molar-refractivity contribution >= 4 is 45.9 Å². The Balaban J connectivity index is 1.03. The van der Waals surface area contributed by atoms with E-state index in [-0.39, 0.29) is 11.1 Å². The minimum Gasteiger partial charge on any atom is -0.454 e. The molecule has 2 N–H and O–H groups in total. The van der Waals surface area contributed by atoms with Gasteiger partial charge in [-0.25, -0.2) is 19.3 Å². The van der Waals surface area contributed by atoms with Crippen LogP contribution in [0.4, 0.5) is 15.1 Å². The Labute approximate surface area is 227 Å². The summed E-state index contributed by atoms with van der Waals surface area (Å²) in [5, 5.41) is 6.25. The highest BCUT2D eigenvalue weighted by molar-refractivity contribution is 8.18. The number of fused-ring (bicyclic) bond motifs is 1. The van der Waals surface area contributed by atoms with Gasteiger partial charge < -0.3 is 14.6 Å². The van der Waals surface area contributed by atoms with E-state index in [1.54, 1.807) is 24.4 Å². The number of thioether (sulfide) groups is 1. The van der Waals surface area contributed by atoms with Gasteiger partial charge in [-0.2, -0.15) is 0 Å². The topological polar surface area (TPSA) is 113 Å². The highest BCUT2D eigenvalue weighted by Gasteiger charge is 2.26. The van der Waals surface area contributed by atoms with Crippen LogP contribution in [0.2, 0.25) is 0 Å². The van der Waals surface area contributed by atoms with Gasteiger partial charge in [-0.15, -0.1) is 0 Å². The lowest BCUT2D eigenvalue weighted by Gasteiger charge is -2.32. The van der Waals surface area contributed by atoms with E-state index in [4.69, 9.17) is 4.42 Å². The summed E-state index contributed by atoms with van der Waals surface area (Å²) < 4.78 is 20.4. The molecule has 0 unspecified atom stereocenters. The number of hydrogen-bond donors (Lipinski definition) is 2. The Kier molecular flexibility index (Phi) is 7.08. The molecule has 198 valence electrons. The third-order valence-corrected chi connectivity index (χ3v) is 7.65. The molecule has 0 radical (unpaired) electrons. The lowest BCUT2D eigenvalue weighted by molar-refractivity contribution is -0.115. The lowest BCUT2D eigenvalue weighted by atomic mass is 9.97. The van der Waals surface area contributed by atoms with Crippen LogP contribution in [-0.2, 0) is 11.3 Å². The number of carbonyl (C=O) groups is 2. The SMILES string of the molecule is O=C1NC(=O)/C(=C/c2ccnc(N3CCC(CNCc4cc(-c5cc6ccccc6o5)ncc4F)CC3)n2)S1. The highest BCUT2D eigenvalue weighted by atomic mass is 32.2. The second kappa shape index (κ2) is 11.0. The predicted molar refractivity (Wildman–Crippen MR) is 147 cm³/mol. The van der Waals surface area contributed by atoms with Gasteiger partial charge in [0.05, 0.1) is 16.8 Å². The molecule has 5 heterocycles. The Hall–Kier alpha value is -4.09. The first-order valence-electron chi connectivity index (χ1n) is 12.7. The molecule has 0 atom stereocenters. The van der Waals surface area contributed by atoms with Crippen LogP contribution in [0.3, 0.4) is 0 Å². The first-order valence-corrected chi connectivity index (χ1v) is 13.5. The second-order valence-corrected chi connectivity index (χ2v) is 10.5. The molecule has 4 aromatic rings. The van der Waals surface area contributed by atoms with Gasteiger partial charge in [0.1, 0.15) is 17.1 Å². The number of aromatic nitrogens is 3.